The van der Waals surface area contributed by atoms with Gasteiger partial charge in [-0.15, -0.1) is 0 Å². The van der Waals surface area contributed by atoms with Crippen LogP contribution in [-0.4, -0.2) is 56.5 Å². The van der Waals surface area contributed by atoms with Crippen molar-refractivity contribution in [2.45, 2.75) is 4.90 Å². The van der Waals surface area contributed by atoms with Crippen LogP contribution in [0, 0.1) is 17.5 Å². The maximum Gasteiger partial charge on any atom is 0.254 e. The molecule has 2 heterocycles. The zero-order valence-corrected chi connectivity index (χ0v) is 16.8. The van der Waals surface area contributed by atoms with Crippen LogP contribution in [0.5, 0.6) is 11.5 Å². The molecule has 0 aromatic heterocycles. The molecule has 1 amide bonds. The fraction of sp³-hybridized carbons (Fsp3) is 0.278. The minimum atomic E-state index is -4.40. The van der Waals surface area contributed by atoms with Gasteiger partial charge in [0.05, 0.1) is 5.02 Å². The van der Waals surface area contributed by atoms with Gasteiger partial charge in [0.1, 0.15) is 4.90 Å². The Labute approximate surface area is 174 Å². The van der Waals surface area contributed by atoms with Crippen molar-refractivity contribution in [3.63, 3.8) is 0 Å². The summed E-state index contributed by atoms with van der Waals surface area (Å²) < 4.78 is 77.2. The molecule has 0 spiro atoms. The van der Waals surface area contributed by atoms with Crippen LogP contribution in [0.3, 0.4) is 0 Å². The molecule has 0 radical (unpaired) electrons. The van der Waals surface area contributed by atoms with Crippen LogP contribution in [0.15, 0.2) is 29.2 Å². The summed E-state index contributed by atoms with van der Waals surface area (Å²) in [6.07, 6.45) is 0. The molecule has 0 aliphatic carbocycles. The second-order valence-corrected chi connectivity index (χ2v) is 8.88. The summed E-state index contributed by atoms with van der Waals surface area (Å²) >= 11 is 6.09. The molecule has 0 N–H and O–H groups in total. The Morgan fingerprint density at radius 2 is 1.70 bits per heavy atom. The number of hydrogen-bond acceptors (Lipinski definition) is 5. The highest BCUT2D eigenvalue weighted by atomic mass is 35.5. The molecular weight excluding hydrogens is 449 g/mol. The fourth-order valence-corrected chi connectivity index (χ4v) is 4.99. The van der Waals surface area contributed by atoms with Gasteiger partial charge in [0, 0.05) is 31.7 Å². The van der Waals surface area contributed by atoms with Gasteiger partial charge in [0.15, 0.2) is 29.0 Å². The SMILES string of the molecule is O=C(c1cc(Cl)c2c(c1)OCO2)N1CCN(S(=O)(=O)c2ccc(F)c(F)c2F)CC1. The molecule has 7 nitrogen and oxygen atoms in total. The van der Waals surface area contributed by atoms with E-state index in [0.717, 1.165) is 4.31 Å². The Bertz CT molecular complexity index is 1140. The van der Waals surface area contributed by atoms with E-state index in [0.29, 0.717) is 23.6 Å². The zero-order valence-electron chi connectivity index (χ0n) is 15.2. The second kappa shape index (κ2) is 7.64. The van der Waals surface area contributed by atoms with E-state index in [2.05, 4.69) is 0 Å². The van der Waals surface area contributed by atoms with Crippen LogP contribution >= 0.6 is 11.6 Å². The van der Waals surface area contributed by atoms with Gasteiger partial charge >= 0.3 is 0 Å². The highest BCUT2D eigenvalue weighted by Gasteiger charge is 2.34. The van der Waals surface area contributed by atoms with Crippen LogP contribution in [0.2, 0.25) is 5.02 Å². The number of rotatable bonds is 3. The average Bonchev–Trinajstić information content (AvgIpc) is 3.21. The standard InChI is InChI=1S/C18H14ClF3N2O5S/c19-11-7-10(8-13-17(11)29-9-28-13)18(25)23-3-5-24(6-4-23)30(26,27)14-2-1-12(20)15(21)16(14)22/h1-2,7-8H,3-6,9H2. The Morgan fingerprint density at radius 3 is 2.40 bits per heavy atom. The normalized spacial score (nSPS) is 16.7. The highest BCUT2D eigenvalue weighted by molar-refractivity contribution is 7.89. The van der Waals surface area contributed by atoms with Crippen molar-refractivity contribution in [1.82, 2.24) is 9.21 Å². The maximum absolute atomic E-state index is 14.0. The first-order valence-electron chi connectivity index (χ1n) is 8.72. The van der Waals surface area contributed by atoms with Crippen molar-refractivity contribution in [2.75, 3.05) is 33.0 Å². The zero-order chi connectivity index (χ0) is 21.6. The van der Waals surface area contributed by atoms with E-state index in [1.165, 1.54) is 17.0 Å². The number of fused-ring (bicyclic) bond motifs is 1. The fourth-order valence-electron chi connectivity index (χ4n) is 3.25. The number of halogens is 4. The second-order valence-electron chi connectivity index (χ2n) is 6.56. The van der Waals surface area contributed by atoms with Crippen molar-refractivity contribution in [2.24, 2.45) is 0 Å². The molecule has 2 aromatic rings. The number of hydrogen-bond donors (Lipinski definition) is 0. The summed E-state index contributed by atoms with van der Waals surface area (Å²) in [6.45, 7) is -0.288. The summed E-state index contributed by atoms with van der Waals surface area (Å²) in [4.78, 5) is 13.2. The summed E-state index contributed by atoms with van der Waals surface area (Å²) in [5.74, 6) is -4.83. The molecule has 0 saturated carbocycles. The van der Waals surface area contributed by atoms with Gasteiger partial charge in [-0.1, -0.05) is 11.6 Å². The van der Waals surface area contributed by atoms with Gasteiger partial charge in [-0.05, 0) is 24.3 Å². The molecule has 160 valence electrons. The van der Waals surface area contributed by atoms with Gasteiger partial charge in [0.2, 0.25) is 16.8 Å². The quantitative estimate of drug-likeness (QED) is 0.655. The minimum absolute atomic E-state index is 0.00935. The molecule has 2 aliphatic rings. The number of benzene rings is 2. The molecule has 2 aliphatic heterocycles. The third-order valence-electron chi connectivity index (χ3n) is 4.82. The van der Waals surface area contributed by atoms with Gasteiger partial charge in [-0.2, -0.15) is 4.31 Å². The van der Waals surface area contributed by atoms with Crippen LogP contribution in [0.4, 0.5) is 13.2 Å². The topological polar surface area (TPSA) is 76.2 Å². The van der Waals surface area contributed by atoms with Crippen molar-refractivity contribution < 1.29 is 35.9 Å². The number of piperazine rings is 1. The molecule has 2 aromatic carbocycles. The van der Waals surface area contributed by atoms with E-state index in [9.17, 15) is 26.4 Å². The molecule has 1 saturated heterocycles. The lowest BCUT2D eigenvalue weighted by molar-refractivity contribution is 0.0697. The number of sulfonamides is 1. The lowest BCUT2D eigenvalue weighted by Gasteiger charge is -2.34. The highest BCUT2D eigenvalue weighted by Crippen LogP contribution is 2.40. The lowest BCUT2D eigenvalue weighted by atomic mass is 10.1. The Balaban J connectivity index is 1.49. The monoisotopic (exact) mass is 462 g/mol. The van der Waals surface area contributed by atoms with Gasteiger partial charge in [-0.25, -0.2) is 21.6 Å². The number of ether oxygens (including phenoxy) is 2. The summed E-state index contributed by atoms with van der Waals surface area (Å²) in [5.41, 5.74) is 0.243. The largest absolute Gasteiger partial charge is 0.454 e. The third kappa shape index (κ3) is 3.46. The Hall–Kier alpha value is -2.50. The van der Waals surface area contributed by atoms with E-state index in [1.807, 2.05) is 0 Å². The van der Waals surface area contributed by atoms with E-state index in [-0.39, 0.29) is 43.6 Å². The summed E-state index contributed by atoms with van der Waals surface area (Å²) in [7, 11) is -4.40. The van der Waals surface area contributed by atoms with Crippen LogP contribution < -0.4 is 9.47 Å². The number of amides is 1. The predicted molar refractivity (Wildman–Crippen MR) is 98.6 cm³/mol. The molecule has 12 heteroatoms. The van der Waals surface area contributed by atoms with Crippen molar-refractivity contribution in [3.8, 4) is 11.5 Å². The van der Waals surface area contributed by atoms with Crippen molar-refractivity contribution in [3.05, 3.63) is 52.3 Å². The molecule has 0 bridgehead atoms. The Kier molecular flexibility index (Phi) is 5.28. The molecule has 0 atom stereocenters. The van der Waals surface area contributed by atoms with E-state index >= 15 is 0 Å². The summed E-state index contributed by atoms with van der Waals surface area (Å²) in [6, 6.07) is 4.14. The van der Waals surface area contributed by atoms with Crippen LogP contribution in [0.1, 0.15) is 10.4 Å². The van der Waals surface area contributed by atoms with Crippen LogP contribution in [-0.2, 0) is 10.0 Å². The average molecular weight is 463 g/mol. The molecule has 30 heavy (non-hydrogen) atoms. The number of carbonyl (C=O) groups is 1. The van der Waals surface area contributed by atoms with Crippen LogP contribution in [0.25, 0.3) is 0 Å². The molecular formula is C18H14ClF3N2O5S. The van der Waals surface area contributed by atoms with E-state index in [4.69, 9.17) is 21.1 Å². The van der Waals surface area contributed by atoms with Gasteiger partial charge < -0.3 is 14.4 Å². The van der Waals surface area contributed by atoms with E-state index in [1.54, 1.807) is 0 Å². The maximum atomic E-state index is 14.0. The first-order chi connectivity index (χ1) is 14.2. The van der Waals surface area contributed by atoms with Crippen molar-refractivity contribution >= 4 is 27.5 Å². The van der Waals surface area contributed by atoms with Gasteiger partial charge in [0.25, 0.3) is 5.91 Å². The first kappa shape index (κ1) is 20.8. The smallest absolute Gasteiger partial charge is 0.254 e. The molecule has 0 unspecified atom stereocenters. The minimum Gasteiger partial charge on any atom is -0.454 e. The lowest BCUT2D eigenvalue weighted by Crippen LogP contribution is -2.50. The first-order valence-corrected chi connectivity index (χ1v) is 10.5. The predicted octanol–water partition coefficient (Wildman–Crippen LogP) is 2.63. The third-order valence-corrected chi connectivity index (χ3v) is 7.01. The number of nitrogens with zero attached hydrogens (tertiary/aromatic N) is 2. The number of carbonyl (C=O) groups excluding carboxylic acids is 1. The Morgan fingerprint density at radius 1 is 1.00 bits per heavy atom. The molecule has 1 fully saturated rings. The van der Waals surface area contributed by atoms with Gasteiger partial charge in [-0.3, -0.25) is 4.79 Å². The van der Waals surface area contributed by atoms with E-state index < -0.39 is 38.3 Å². The molecule has 4 rings (SSSR count). The van der Waals surface area contributed by atoms with Crippen molar-refractivity contribution in [1.29, 1.82) is 0 Å². The summed E-state index contributed by atoms with van der Waals surface area (Å²) in [5, 5.41) is 0.211.